The molecule has 0 saturated carbocycles. The summed E-state index contributed by atoms with van der Waals surface area (Å²) in [6.07, 6.45) is 2.38. The summed E-state index contributed by atoms with van der Waals surface area (Å²) in [5.41, 5.74) is 1.06. The molecule has 0 amide bonds. The van der Waals surface area contributed by atoms with Crippen LogP contribution in [-0.4, -0.2) is 28.6 Å². The van der Waals surface area contributed by atoms with Crippen LogP contribution in [0.2, 0.25) is 0 Å². The molecule has 3 rings (SSSR count). The summed E-state index contributed by atoms with van der Waals surface area (Å²) in [6, 6.07) is 9.53. The molecule has 4 heteroatoms. The van der Waals surface area contributed by atoms with Crippen LogP contribution in [0, 0.1) is 0 Å². The van der Waals surface area contributed by atoms with Gasteiger partial charge in [-0.1, -0.05) is 6.07 Å². The molecule has 1 aromatic carbocycles. The zero-order valence-electron chi connectivity index (χ0n) is 10.8. The maximum absolute atomic E-state index is 11.2. The predicted molar refractivity (Wildman–Crippen MR) is 74.7 cm³/mol. The van der Waals surface area contributed by atoms with Gasteiger partial charge in [0.25, 0.3) is 0 Å². The molecule has 98 valence electrons. The Labute approximate surface area is 111 Å². The number of aromatic nitrogens is 1. The summed E-state index contributed by atoms with van der Waals surface area (Å²) in [6.45, 7) is 3.23. The van der Waals surface area contributed by atoms with Crippen LogP contribution in [0.25, 0.3) is 10.9 Å². The normalized spacial score (nSPS) is 19.0. The standard InChI is InChI=1S/C15H16N2O2/c1-10-4-3-9-17(10)14-8-7-11-12(15(18)19)5-2-6-13(11)16-14/h2,5-8,10H,3-4,9H2,1H3,(H,18,19). The van der Waals surface area contributed by atoms with Gasteiger partial charge >= 0.3 is 5.97 Å². The first-order valence-corrected chi connectivity index (χ1v) is 6.56. The number of carboxylic acids is 1. The Balaban J connectivity index is 2.09. The lowest BCUT2D eigenvalue weighted by atomic mass is 10.1. The van der Waals surface area contributed by atoms with Gasteiger partial charge in [0.2, 0.25) is 0 Å². The van der Waals surface area contributed by atoms with Crippen LogP contribution in [0.4, 0.5) is 5.82 Å². The van der Waals surface area contributed by atoms with Crippen molar-refractivity contribution in [3.8, 4) is 0 Å². The number of carboxylic acid groups (broad SMARTS) is 1. The van der Waals surface area contributed by atoms with Crippen molar-refractivity contribution in [3.63, 3.8) is 0 Å². The maximum Gasteiger partial charge on any atom is 0.336 e. The molecular weight excluding hydrogens is 240 g/mol. The van der Waals surface area contributed by atoms with E-state index in [1.54, 1.807) is 12.1 Å². The molecule has 4 nitrogen and oxygen atoms in total. The number of anilines is 1. The number of fused-ring (bicyclic) bond motifs is 1. The summed E-state index contributed by atoms with van der Waals surface area (Å²) in [4.78, 5) is 18.1. The van der Waals surface area contributed by atoms with Crippen LogP contribution in [0.3, 0.4) is 0 Å². The molecule has 0 aliphatic carbocycles. The Morgan fingerprint density at radius 1 is 1.37 bits per heavy atom. The summed E-state index contributed by atoms with van der Waals surface area (Å²) in [7, 11) is 0. The highest BCUT2D eigenvalue weighted by Gasteiger charge is 2.21. The van der Waals surface area contributed by atoms with Crippen LogP contribution >= 0.6 is 0 Å². The monoisotopic (exact) mass is 256 g/mol. The SMILES string of the molecule is CC1CCCN1c1ccc2c(C(=O)O)cccc2n1. The third kappa shape index (κ3) is 2.03. The first-order chi connectivity index (χ1) is 9.16. The second-order valence-corrected chi connectivity index (χ2v) is 5.03. The number of hydrogen-bond acceptors (Lipinski definition) is 3. The summed E-state index contributed by atoms with van der Waals surface area (Å²) in [5.74, 6) is 0.0368. The largest absolute Gasteiger partial charge is 0.478 e. The molecule has 0 bridgehead atoms. The van der Waals surface area contributed by atoms with Gasteiger partial charge in [0.15, 0.2) is 0 Å². The molecule has 2 aromatic rings. The maximum atomic E-state index is 11.2. The van der Waals surface area contributed by atoms with E-state index in [4.69, 9.17) is 5.11 Å². The fraction of sp³-hybridized carbons (Fsp3) is 0.333. The van der Waals surface area contributed by atoms with E-state index in [-0.39, 0.29) is 0 Å². The van der Waals surface area contributed by atoms with Crippen molar-refractivity contribution in [1.29, 1.82) is 0 Å². The Kier molecular flexibility index (Phi) is 2.85. The van der Waals surface area contributed by atoms with Gasteiger partial charge in [0.1, 0.15) is 5.82 Å². The number of nitrogens with zero attached hydrogens (tertiary/aromatic N) is 2. The minimum Gasteiger partial charge on any atom is -0.478 e. The molecule has 1 aliphatic heterocycles. The molecule has 1 aliphatic rings. The van der Waals surface area contributed by atoms with E-state index in [2.05, 4.69) is 16.8 Å². The van der Waals surface area contributed by atoms with E-state index >= 15 is 0 Å². The van der Waals surface area contributed by atoms with Gasteiger partial charge in [-0.25, -0.2) is 9.78 Å². The third-order valence-electron chi connectivity index (χ3n) is 3.79. The second kappa shape index (κ2) is 4.53. The first-order valence-electron chi connectivity index (χ1n) is 6.56. The molecule has 0 spiro atoms. The summed E-state index contributed by atoms with van der Waals surface area (Å²) in [5, 5.41) is 9.87. The van der Waals surface area contributed by atoms with Crippen molar-refractivity contribution >= 4 is 22.7 Å². The van der Waals surface area contributed by atoms with Crippen molar-refractivity contribution < 1.29 is 9.90 Å². The lowest BCUT2D eigenvalue weighted by Gasteiger charge is -2.22. The summed E-state index contributed by atoms with van der Waals surface area (Å²) < 4.78 is 0. The lowest BCUT2D eigenvalue weighted by Crippen LogP contribution is -2.27. The van der Waals surface area contributed by atoms with Gasteiger partial charge in [-0.15, -0.1) is 0 Å². The minimum atomic E-state index is -0.908. The highest BCUT2D eigenvalue weighted by molar-refractivity contribution is 6.02. The number of carbonyl (C=O) groups is 1. The predicted octanol–water partition coefficient (Wildman–Crippen LogP) is 2.92. The average molecular weight is 256 g/mol. The van der Waals surface area contributed by atoms with E-state index in [0.29, 0.717) is 17.0 Å². The molecule has 0 radical (unpaired) electrons. The van der Waals surface area contributed by atoms with Crippen LogP contribution in [0.5, 0.6) is 0 Å². The average Bonchev–Trinajstić information content (AvgIpc) is 2.83. The van der Waals surface area contributed by atoms with Gasteiger partial charge in [0.05, 0.1) is 11.1 Å². The van der Waals surface area contributed by atoms with E-state index < -0.39 is 5.97 Å². The Bertz CT molecular complexity index is 639. The highest BCUT2D eigenvalue weighted by atomic mass is 16.4. The van der Waals surface area contributed by atoms with E-state index in [1.165, 1.54) is 12.8 Å². The third-order valence-corrected chi connectivity index (χ3v) is 3.79. The Morgan fingerprint density at radius 3 is 2.89 bits per heavy atom. The zero-order chi connectivity index (χ0) is 13.4. The van der Waals surface area contributed by atoms with Crippen LogP contribution in [0.15, 0.2) is 30.3 Å². The molecule has 1 N–H and O–H groups in total. The van der Waals surface area contributed by atoms with Crippen molar-refractivity contribution in [3.05, 3.63) is 35.9 Å². The van der Waals surface area contributed by atoms with E-state index in [9.17, 15) is 4.79 Å². The molecule has 19 heavy (non-hydrogen) atoms. The number of pyridine rings is 1. The van der Waals surface area contributed by atoms with Gasteiger partial charge < -0.3 is 10.0 Å². The smallest absolute Gasteiger partial charge is 0.336 e. The van der Waals surface area contributed by atoms with Crippen molar-refractivity contribution in [2.45, 2.75) is 25.8 Å². The highest BCUT2D eigenvalue weighted by Crippen LogP contribution is 2.26. The number of aromatic carboxylic acids is 1. The molecule has 2 heterocycles. The van der Waals surface area contributed by atoms with Crippen molar-refractivity contribution in [1.82, 2.24) is 4.98 Å². The van der Waals surface area contributed by atoms with Crippen LogP contribution in [0.1, 0.15) is 30.1 Å². The summed E-state index contributed by atoms with van der Waals surface area (Å²) >= 11 is 0. The molecule has 1 atom stereocenters. The molecule has 1 unspecified atom stereocenters. The molecule has 1 saturated heterocycles. The quantitative estimate of drug-likeness (QED) is 0.897. The number of hydrogen-bond donors (Lipinski definition) is 1. The lowest BCUT2D eigenvalue weighted by molar-refractivity contribution is 0.0699. The fourth-order valence-corrected chi connectivity index (χ4v) is 2.76. The topological polar surface area (TPSA) is 53.4 Å². The van der Waals surface area contributed by atoms with E-state index in [1.807, 2.05) is 18.2 Å². The van der Waals surface area contributed by atoms with Gasteiger partial charge in [-0.05, 0) is 44.0 Å². The minimum absolute atomic E-state index is 0.311. The Hall–Kier alpha value is -2.10. The number of benzene rings is 1. The van der Waals surface area contributed by atoms with Crippen LogP contribution in [-0.2, 0) is 0 Å². The molecule has 1 fully saturated rings. The molecule has 1 aromatic heterocycles. The number of rotatable bonds is 2. The van der Waals surface area contributed by atoms with Gasteiger partial charge in [0, 0.05) is 18.0 Å². The van der Waals surface area contributed by atoms with Crippen molar-refractivity contribution in [2.75, 3.05) is 11.4 Å². The molecular formula is C15H16N2O2. The first kappa shape index (κ1) is 12.0. The van der Waals surface area contributed by atoms with Crippen molar-refractivity contribution in [2.24, 2.45) is 0 Å². The fourth-order valence-electron chi connectivity index (χ4n) is 2.76. The zero-order valence-corrected chi connectivity index (χ0v) is 10.8. The van der Waals surface area contributed by atoms with Gasteiger partial charge in [-0.2, -0.15) is 0 Å². The van der Waals surface area contributed by atoms with E-state index in [0.717, 1.165) is 17.9 Å². The second-order valence-electron chi connectivity index (χ2n) is 5.03. The van der Waals surface area contributed by atoms with Gasteiger partial charge in [-0.3, -0.25) is 0 Å². The Morgan fingerprint density at radius 2 is 2.21 bits per heavy atom. The van der Waals surface area contributed by atoms with Crippen LogP contribution < -0.4 is 4.90 Å².